The molecule has 1 unspecified atom stereocenters. The highest BCUT2D eigenvalue weighted by Gasteiger charge is 2.23. The first-order chi connectivity index (χ1) is 25.7. The van der Waals surface area contributed by atoms with E-state index < -0.39 is 0 Å². The number of nitrogens with zero attached hydrogens (tertiary/aromatic N) is 3. The van der Waals surface area contributed by atoms with E-state index in [1.54, 1.807) is 0 Å². The Labute approximate surface area is 298 Å². The van der Waals surface area contributed by atoms with Crippen LogP contribution in [0.2, 0.25) is 0 Å². The van der Waals surface area contributed by atoms with Crippen LogP contribution in [0.4, 0.5) is 0 Å². The highest BCUT2D eigenvalue weighted by molar-refractivity contribution is 6.15. The van der Waals surface area contributed by atoms with E-state index in [1.165, 1.54) is 10.8 Å². The van der Waals surface area contributed by atoms with Crippen molar-refractivity contribution in [3.05, 3.63) is 164 Å². The molecular weight excluding hydrogens is 639 g/mol. The Hall–Kier alpha value is -6.85. The summed E-state index contributed by atoms with van der Waals surface area (Å²) in [6.07, 6.45) is 9.34. The standard InChI is InChI=1S/C47H29N3O2/c1-2-12-28(13-3-1)45-48-46(38-24-30-14-4-5-15-32(30)33-16-6-7-17-34(33)38)50-47(49-45)39-25-31(27-43-44(39)37-19-9-11-21-41(37)52-43)29-22-23-36-35-18-8-10-20-40(35)51-42(36)26-29/h1-12,14-28H,13H2. The van der Waals surface area contributed by atoms with Crippen molar-refractivity contribution in [2.24, 2.45) is 0 Å². The lowest BCUT2D eigenvalue weighted by Crippen LogP contribution is -2.08. The van der Waals surface area contributed by atoms with E-state index in [0.29, 0.717) is 11.6 Å². The fraction of sp³-hybridized carbons (Fsp3) is 0.0426. The minimum Gasteiger partial charge on any atom is -0.456 e. The summed E-state index contributed by atoms with van der Waals surface area (Å²) in [6.45, 7) is 0. The molecule has 5 nitrogen and oxygen atoms in total. The third-order valence-corrected chi connectivity index (χ3v) is 10.4. The van der Waals surface area contributed by atoms with Crippen molar-refractivity contribution in [2.75, 3.05) is 0 Å². The van der Waals surface area contributed by atoms with Crippen LogP contribution in [0, 0.1) is 0 Å². The predicted molar refractivity (Wildman–Crippen MR) is 211 cm³/mol. The van der Waals surface area contributed by atoms with Crippen molar-refractivity contribution in [1.82, 2.24) is 15.0 Å². The highest BCUT2D eigenvalue weighted by Crippen LogP contribution is 2.42. The van der Waals surface area contributed by atoms with Gasteiger partial charge in [-0.3, -0.25) is 0 Å². The zero-order valence-corrected chi connectivity index (χ0v) is 28.0. The maximum atomic E-state index is 6.56. The van der Waals surface area contributed by atoms with Crippen molar-refractivity contribution < 1.29 is 8.83 Å². The fourth-order valence-corrected chi connectivity index (χ4v) is 7.91. The van der Waals surface area contributed by atoms with Crippen LogP contribution in [-0.4, -0.2) is 15.0 Å². The lowest BCUT2D eigenvalue weighted by Gasteiger charge is -2.16. The zero-order valence-electron chi connectivity index (χ0n) is 28.0. The summed E-state index contributed by atoms with van der Waals surface area (Å²) in [4.78, 5) is 15.9. The molecule has 11 rings (SSSR count). The number of rotatable bonds is 4. The summed E-state index contributed by atoms with van der Waals surface area (Å²) in [5.74, 6) is 2.03. The van der Waals surface area contributed by atoms with Crippen LogP contribution in [0.15, 0.2) is 167 Å². The quantitative estimate of drug-likeness (QED) is 0.175. The molecule has 1 atom stereocenters. The third kappa shape index (κ3) is 4.53. The largest absolute Gasteiger partial charge is 0.456 e. The molecule has 3 heterocycles. The summed E-state index contributed by atoms with van der Waals surface area (Å²) in [5.41, 5.74) is 7.20. The minimum absolute atomic E-state index is 0.0208. The number of fused-ring (bicyclic) bond motifs is 9. The molecule has 7 aromatic carbocycles. The van der Waals surface area contributed by atoms with Gasteiger partial charge in [0.1, 0.15) is 28.2 Å². The minimum atomic E-state index is 0.0208. The van der Waals surface area contributed by atoms with Gasteiger partial charge >= 0.3 is 0 Å². The van der Waals surface area contributed by atoms with Crippen LogP contribution in [-0.2, 0) is 0 Å². The van der Waals surface area contributed by atoms with Crippen molar-refractivity contribution in [2.45, 2.75) is 12.3 Å². The number of hydrogen-bond donors (Lipinski definition) is 0. The van der Waals surface area contributed by atoms with Crippen molar-refractivity contribution in [3.8, 4) is 33.9 Å². The van der Waals surface area contributed by atoms with Gasteiger partial charge in [0.05, 0.1) is 0 Å². The van der Waals surface area contributed by atoms with Gasteiger partial charge in [0.15, 0.2) is 11.6 Å². The van der Waals surface area contributed by atoms with Crippen LogP contribution in [0.25, 0.3) is 99.3 Å². The second-order valence-corrected chi connectivity index (χ2v) is 13.5. The molecule has 0 fully saturated rings. The molecule has 244 valence electrons. The van der Waals surface area contributed by atoms with Crippen LogP contribution >= 0.6 is 0 Å². The lowest BCUT2D eigenvalue weighted by molar-refractivity contribution is 0.668. The first kappa shape index (κ1) is 28.9. The van der Waals surface area contributed by atoms with Crippen LogP contribution in [0.1, 0.15) is 18.2 Å². The number of furan rings is 2. The molecule has 3 aromatic heterocycles. The third-order valence-electron chi connectivity index (χ3n) is 10.4. The van der Waals surface area contributed by atoms with E-state index in [1.807, 2.05) is 30.3 Å². The summed E-state index contributed by atoms with van der Waals surface area (Å²) < 4.78 is 12.9. The number of aromatic nitrogens is 3. The van der Waals surface area contributed by atoms with E-state index in [2.05, 4.69) is 127 Å². The molecule has 0 saturated carbocycles. The average molecular weight is 668 g/mol. The summed E-state index contributed by atoms with van der Waals surface area (Å²) in [6, 6.07) is 46.4. The zero-order chi connectivity index (χ0) is 34.2. The summed E-state index contributed by atoms with van der Waals surface area (Å²) in [7, 11) is 0. The van der Waals surface area contributed by atoms with Gasteiger partial charge in [0.25, 0.3) is 0 Å². The van der Waals surface area contributed by atoms with E-state index in [9.17, 15) is 0 Å². The van der Waals surface area contributed by atoms with Crippen molar-refractivity contribution >= 4 is 65.4 Å². The lowest BCUT2D eigenvalue weighted by atomic mass is 9.95. The smallest absolute Gasteiger partial charge is 0.164 e. The first-order valence-electron chi connectivity index (χ1n) is 17.6. The van der Waals surface area contributed by atoms with Crippen molar-refractivity contribution in [3.63, 3.8) is 0 Å². The molecule has 0 radical (unpaired) electrons. The van der Waals surface area contributed by atoms with Crippen molar-refractivity contribution in [1.29, 1.82) is 0 Å². The molecule has 0 amide bonds. The Kier molecular flexibility index (Phi) is 6.31. The molecule has 1 aliphatic carbocycles. The first-order valence-corrected chi connectivity index (χ1v) is 17.6. The molecule has 0 saturated heterocycles. The maximum absolute atomic E-state index is 6.56. The topological polar surface area (TPSA) is 65.0 Å². The van der Waals surface area contributed by atoms with E-state index >= 15 is 0 Å². The molecule has 10 aromatic rings. The molecule has 0 bridgehead atoms. The molecule has 0 N–H and O–H groups in total. The summed E-state index contributed by atoms with van der Waals surface area (Å²) in [5, 5.41) is 8.83. The van der Waals surface area contributed by atoms with Gasteiger partial charge in [-0.15, -0.1) is 0 Å². The monoisotopic (exact) mass is 667 g/mol. The van der Waals surface area contributed by atoms with Crippen LogP contribution < -0.4 is 0 Å². The molecule has 0 aliphatic heterocycles. The Morgan fingerprint density at radius 2 is 1.12 bits per heavy atom. The number of hydrogen-bond acceptors (Lipinski definition) is 5. The molecule has 52 heavy (non-hydrogen) atoms. The summed E-state index contributed by atoms with van der Waals surface area (Å²) >= 11 is 0. The Balaban J connectivity index is 1.19. The van der Waals surface area contributed by atoms with E-state index in [-0.39, 0.29) is 5.92 Å². The molecular formula is C47H29N3O2. The Bertz CT molecular complexity index is 3130. The Morgan fingerprint density at radius 3 is 1.94 bits per heavy atom. The van der Waals surface area contributed by atoms with E-state index in [0.717, 1.165) is 89.1 Å². The average Bonchev–Trinajstić information content (AvgIpc) is 3.78. The highest BCUT2D eigenvalue weighted by atomic mass is 16.3. The SMILES string of the molecule is C1=CCC(c2nc(-c3cc4ccccc4c4ccccc34)nc(-c3cc(-c4ccc5c(c4)oc4ccccc45)cc4oc5ccccc5c34)n2)C=C1. The van der Waals surface area contributed by atoms with Gasteiger partial charge in [0, 0.05) is 38.6 Å². The van der Waals surface area contributed by atoms with E-state index in [4.69, 9.17) is 23.8 Å². The van der Waals surface area contributed by atoms with Gasteiger partial charge in [-0.05, 0) is 81.6 Å². The van der Waals surface area contributed by atoms with Gasteiger partial charge in [0.2, 0.25) is 0 Å². The fourth-order valence-electron chi connectivity index (χ4n) is 7.91. The van der Waals surface area contributed by atoms with Crippen LogP contribution in [0.5, 0.6) is 0 Å². The molecule has 5 heteroatoms. The maximum Gasteiger partial charge on any atom is 0.164 e. The van der Waals surface area contributed by atoms with Gasteiger partial charge in [-0.2, -0.15) is 0 Å². The Morgan fingerprint density at radius 1 is 0.462 bits per heavy atom. The van der Waals surface area contributed by atoms with Crippen LogP contribution in [0.3, 0.4) is 0 Å². The normalized spacial score (nSPS) is 14.5. The molecule has 1 aliphatic rings. The van der Waals surface area contributed by atoms with Gasteiger partial charge < -0.3 is 8.83 Å². The number of benzene rings is 7. The second-order valence-electron chi connectivity index (χ2n) is 13.5. The predicted octanol–water partition coefficient (Wildman–Crippen LogP) is 12.6. The van der Waals surface area contributed by atoms with Gasteiger partial charge in [-0.25, -0.2) is 15.0 Å². The number of allylic oxidation sites excluding steroid dienone is 4. The number of para-hydroxylation sites is 2. The molecule has 0 spiro atoms. The van der Waals surface area contributed by atoms with Gasteiger partial charge in [-0.1, -0.05) is 115 Å². The second kappa shape index (κ2) is 11.3.